The molecule has 0 aromatic heterocycles. The molecule has 2 rings (SSSR count). The maximum atomic E-state index is 14.2. The molecule has 2 atom stereocenters. The Balaban J connectivity index is 2.08. The maximum Gasteiger partial charge on any atom is 0.242 e. The van der Waals surface area contributed by atoms with Gasteiger partial charge in [-0.15, -0.1) is 11.8 Å². The second-order valence-corrected chi connectivity index (χ2v) is 8.19. The molecule has 0 radical (unpaired) electrons. The number of halogens is 1. The Morgan fingerprint density at radius 3 is 2.38 bits per heavy atom. The van der Waals surface area contributed by atoms with Crippen molar-refractivity contribution in [2.45, 2.75) is 57.1 Å². The number of hydrogen-bond acceptors (Lipinski definition) is 3. The van der Waals surface area contributed by atoms with E-state index in [-0.39, 0.29) is 36.6 Å². The van der Waals surface area contributed by atoms with Crippen molar-refractivity contribution in [3.05, 3.63) is 66.0 Å². The largest absolute Gasteiger partial charge is 0.352 e. The number of nitrogens with zero attached hydrogens (tertiary/aromatic N) is 1. The first-order chi connectivity index (χ1) is 13.9. The maximum absolute atomic E-state index is 14.2. The number of nitrogens with one attached hydrogen (secondary N) is 1. The first-order valence-corrected chi connectivity index (χ1v) is 10.9. The van der Waals surface area contributed by atoms with Crippen LogP contribution in [0.15, 0.2) is 59.5 Å². The van der Waals surface area contributed by atoms with E-state index in [1.54, 1.807) is 36.9 Å². The van der Waals surface area contributed by atoms with Crippen molar-refractivity contribution in [3.63, 3.8) is 0 Å². The van der Waals surface area contributed by atoms with Gasteiger partial charge in [0.05, 0.1) is 0 Å². The number of carbonyl (C=O) groups excluding carboxylic acids is 2. The van der Waals surface area contributed by atoms with E-state index >= 15 is 0 Å². The van der Waals surface area contributed by atoms with E-state index in [2.05, 4.69) is 5.32 Å². The zero-order chi connectivity index (χ0) is 21.2. The lowest BCUT2D eigenvalue weighted by atomic mass is 10.1. The minimum atomic E-state index is -0.683. The molecule has 2 aromatic carbocycles. The van der Waals surface area contributed by atoms with Crippen molar-refractivity contribution in [2.75, 3.05) is 5.75 Å². The monoisotopic (exact) mass is 416 g/mol. The Morgan fingerprint density at radius 2 is 1.72 bits per heavy atom. The van der Waals surface area contributed by atoms with Crippen LogP contribution in [0.2, 0.25) is 0 Å². The highest BCUT2D eigenvalue weighted by atomic mass is 32.2. The fourth-order valence-electron chi connectivity index (χ4n) is 2.77. The molecule has 29 heavy (non-hydrogen) atoms. The minimum absolute atomic E-state index is 0.0176. The molecule has 1 N–H and O–H groups in total. The van der Waals surface area contributed by atoms with Gasteiger partial charge in [0.2, 0.25) is 11.8 Å². The molecule has 156 valence electrons. The summed E-state index contributed by atoms with van der Waals surface area (Å²) in [7, 11) is 0. The van der Waals surface area contributed by atoms with Gasteiger partial charge in [-0.3, -0.25) is 9.59 Å². The van der Waals surface area contributed by atoms with E-state index in [4.69, 9.17) is 0 Å². The van der Waals surface area contributed by atoms with Gasteiger partial charge in [0.1, 0.15) is 11.9 Å². The molecule has 0 heterocycles. The molecule has 0 aliphatic rings. The fourth-order valence-corrected chi connectivity index (χ4v) is 3.64. The van der Waals surface area contributed by atoms with Crippen LogP contribution in [0.5, 0.6) is 0 Å². The van der Waals surface area contributed by atoms with Gasteiger partial charge in [0.25, 0.3) is 0 Å². The molecule has 0 bridgehead atoms. The van der Waals surface area contributed by atoms with Gasteiger partial charge >= 0.3 is 0 Å². The van der Waals surface area contributed by atoms with Gasteiger partial charge in [0, 0.05) is 35.2 Å². The summed E-state index contributed by atoms with van der Waals surface area (Å²) in [6.45, 7) is 5.67. The van der Waals surface area contributed by atoms with Crippen molar-refractivity contribution >= 4 is 23.6 Å². The number of carbonyl (C=O) groups is 2. The summed E-state index contributed by atoms with van der Waals surface area (Å²) in [6.07, 6.45) is 1.07. The standard InChI is InChI=1S/C23H29FN2O2S/c1-4-17(2)25-23(28)18(3)26(16-19-10-8-9-13-21(19)24)22(27)14-15-29-20-11-6-5-7-12-20/h5-13,17-18H,4,14-16H2,1-3H3,(H,25,28)/t17-,18+/m1/s1. The highest BCUT2D eigenvalue weighted by Gasteiger charge is 2.27. The molecular weight excluding hydrogens is 387 g/mol. The second-order valence-electron chi connectivity index (χ2n) is 7.02. The summed E-state index contributed by atoms with van der Waals surface area (Å²) in [5, 5.41) is 2.92. The van der Waals surface area contributed by atoms with Gasteiger partial charge in [-0.2, -0.15) is 0 Å². The molecule has 0 saturated heterocycles. The average molecular weight is 417 g/mol. The van der Waals surface area contributed by atoms with Crippen LogP contribution in [-0.4, -0.2) is 34.6 Å². The van der Waals surface area contributed by atoms with Crippen molar-refractivity contribution in [2.24, 2.45) is 0 Å². The van der Waals surface area contributed by atoms with Crippen LogP contribution in [0, 0.1) is 5.82 Å². The van der Waals surface area contributed by atoms with Crippen LogP contribution in [0.4, 0.5) is 4.39 Å². The van der Waals surface area contributed by atoms with Crippen molar-refractivity contribution in [1.82, 2.24) is 10.2 Å². The molecule has 0 aliphatic heterocycles. The number of hydrogen-bond donors (Lipinski definition) is 1. The number of thioether (sulfide) groups is 1. The summed E-state index contributed by atoms with van der Waals surface area (Å²) >= 11 is 1.59. The molecule has 0 unspecified atom stereocenters. The van der Waals surface area contributed by atoms with Crippen molar-refractivity contribution in [1.29, 1.82) is 0 Å². The smallest absolute Gasteiger partial charge is 0.242 e. The Hall–Kier alpha value is -2.34. The zero-order valence-corrected chi connectivity index (χ0v) is 18.0. The molecule has 0 fully saturated rings. The van der Waals surface area contributed by atoms with Gasteiger partial charge in [-0.1, -0.05) is 43.3 Å². The summed E-state index contributed by atoms with van der Waals surface area (Å²) in [6, 6.07) is 15.5. The van der Waals surface area contributed by atoms with Crippen molar-refractivity contribution in [3.8, 4) is 0 Å². The normalized spacial score (nSPS) is 12.8. The third-order valence-electron chi connectivity index (χ3n) is 4.79. The lowest BCUT2D eigenvalue weighted by Crippen LogP contribution is -2.49. The highest BCUT2D eigenvalue weighted by molar-refractivity contribution is 7.99. The number of benzene rings is 2. The molecule has 2 aromatic rings. The number of rotatable bonds is 10. The number of amides is 2. The third kappa shape index (κ3) is 7.20. The van der Waals surface area contributed by atoms with E-state index in [1.807, 2.05) is 44.2 Å². The zero-order valence-electron chi connectivity index (χ0n) is 17.2. The van der Waals surface area contributed by atoms with Gasteiger partial charge in [0.15, 0.2) is 0 Å². The summed E-state index contributed by atoms with van der Waals surface area (Å²) in [5.41, 5.74) is 0.403. The van der Waals surface area contributed by atoms with Crippen LogP contribution in [0.3, 0.4) is 0 Å². The lowest BCUT2D eigenvalue weighted by Gasteiger charge is -2.30. The van der Waals surface area contributed by atoms with E-state index < -0.39 is 6.04 Å². The summed E-state index contributed by atoms with van der Waals surface area (Å²) < 4.78 is 14.2. The van der Waals surface area contributed by atoms with Crippen LogP contribution < -0.4 is 5.32 Å². The summed E-state index contributed by atoms with van der Waals surface area (Å²) in [4.78, 5) is 28.1. The predicted molar refractivity (Wildman–Crippen MR) is 116 cm³/mol. The second kappa shape index (κ2) is 11.6. The van der Waals surface area contributed by atoms with Gasteiger partial charge in [-0.05, 0) is 38.5 Å². The Bertz CT molecular complexity index is 800. The molecule has 4 nitrogen and oxygen atoms in total. The van der Waals surface area contributed by atoms with Gasteiger partial charge in [-0.25, -0.2) is 4.39 Å². The first kappa shape index (κ1) is 22.9. The average Bonchev–Trinajstić information content (AvgIpc) is 2.73. The highest BCUT2D eigenvalue weighted by Crippen LogP contribution is 2.20. The van der Waals surface area contributed by atoms with E-state index in [0.717, 1.165) is 11.3 Å². The Morgan fingerprint density at radius 1 is 1.07 bits per heavy atom. The van der Waals surface area contributed by atoms with E-state index in [0.29, 0.717) is 11.3 Å². The molecule has 0 spiro atoms. The Kier molecular flexibility index (Phi) is 9.19. The van der Waals surface area contributed by atoms with Crippen molar-refractivity contribution < 1.29 is 14.0 Å². The fraction of sp³-hybridized carbons (Fsp3) is 0.391. The molecule has 0 saturated carbocycles. The van der Waals surface area contributed by atoms with E-state index in [9.17, 15) is 14.0 Å². The third-order valence-corrected chi connectivity index (χ3v) is 5.81. The molecular formula is C23H29FN2O2S. The van der Waals surface area contributed by atoms with E-state index in [1.165, 1.54) is 11.0 Å². The quantitative estimate of drug-likeness (QED) is 0.574. The topological polar surface area (TPSA) is 49.4 Å². The minimum Gasteiger partial charge on any atom is -0.352 e. The molecule has 2 amide bonds. The SMILES string of the molecule is CC[C@@H](C)NC(=O)[C@H](C)N(Cc1ccccc1F)C(=O)CCSc1ccccc1. The molecule has 6 heteroatoms. The van der Waals surface area contributed by atoms with Crippen LogP contribution in [-0.2, 0) is 16.1 Å². The van der Waals surface area contributed by atoms with Crippen LogP contribution in [0.1, 0.15) is 39.2 Å². The summed E-state index contributed by atoms with van der Waals surface area (Å²) in [5.74, 6) is -0.169. The predicted octanol–water partition coefficient (Wildman–Crippen LogP) is 4.64. The first-order valence-electron chi connectivity index (χ1n) is 9.93. The van der Waals surface area contributed by atoms with Gasteiger partial charge < -0.3 is 10.2 Å². The van der Waals surface area contributed by atoms with Crippen LogP contribution >= 0.6 is 11.8 Å². The van der Waals surface area contributed by atoms with Crippen LogP contribution in [0.25, 0.3) is 0 Å². The lowest BCUT2D eigenvalue weighted by molar-refractivity contribution is -0.140. The Labute approximate surface area is 176 Å². The molecule has 0 aliphatic carbocycles.